The number of hydrogen-bond donors (Lipinski definition) is 0. The first kappa shape index (κ1) is 14.2. The van der Waals surface area contributed by atoms with E-state index in [2.05, 4.69) is 10.6 Å². The van der Waals surface area contributed by atoms with Crippen molar-refractivity contribution in [2.75, 3.05) is 21.3 Å². The molecule has 0 amide bonds. The molecule has 1 heterocycles. The Bertz CT molecular complexity index is 571. The van der Waals surface area contributed by atoms with Crippen LogP contribution in [0.2, 0.25) is 0 Å². The lowest BCUT2D eigenvalue weighted by Crippen LogP contribution is -2.32. The zero-order chi connectivity index (χ0) is 14.5. The van der Waals surface area contributed by atoms with Gasteiger partial charge in [-0.2, -0.15) is 0 Å². The molecule has 0 saturated carbocycles. The number of aromatic nitrogens is 1. The highest BCUT2D eigenvalue weighted by Crippen LogP contribution is 2.38. The van der Waals surface area contributed by atoms with Crippen molar-refractivity contribution in [2.45, 2.75) is 6.42 Å². The number of aryl methyl sites for hydroxylation is 1. The summed E-state index contributed by atoms with van der Waals surface area (Å²) in [7, 11) is 6.90. The van der Waals surface area contributed by atoms with Gasteiger partial charge in [-0.25, -0.2) is 4.57 Å². The second-order valence-electron chi connectivity index (χ2n) is 4.51. The zero-order valence-electron chi connectivity index (χ0n) is 12.3. The van der Waals surface area contributed by atoms with E-state index >= 15 is 0 Å². The number of hydrogen-bond acceptors (Lipinski definition) is 3. The molecule has 0 aliphatic heterocycles. The van der Waals surface area contributed by atoms with Gasteiger partial charge >= 0.3 is 0 Å². The van der Waals surface area contributed by atoms with E-state index in [-0.39, 0.29) is 0 Å². The lowest BCUT2D eigenvalue weighted by Gasteiger charge is -2.13. The molecule has 0 unspecified atom stereocenters. The molecule has 0 radical (unpaired) electrons. The molecule has 0 aliphatic carbocycles. The standard InChI is InChI=1S/C16H20NO3/c1-17-8-6-5-7-13(17)9-12-10-14(18-2)16(20-4)15(11-12)19-3/h5-8,10-11H,9H2,1-4H3/q+1. The van der Waals surface area contributed by atoms with Gasteiger partial charge in [0.05, 0.1) is 27.8 Å². The van der Waals surface area contributed by atoms with Crippen LogP contribution in [0.3, 0.4) is 0 Å². The first-order chi connectivity index (χ1) is 9.69. The lowest BCUT2D eigenvalue weighted by atomic mass is 10.1. The fourth-order valence-corrected chi connectivity index (χ4v) is 2.19. The smallest absolute Gasteiger partial charge is 0.203 e. The minimum atomic E-state index is 0.621. The van der Waals surface area contributed by atoms with Crippen molar-refractivity contribution in [2.24, 2.45) is 7.05 Å². The van der Waals surface area contributed by atoms with Crippen LogP contribution >= 0.6 is 0 Å². The number of rotatable bonds is 5. The molecule has 4 heteroatoms. The molecule has 0 aliphatic rings. The van der Waals surface area contributed by atoms with Crippen molar-refractivity contribution >= 4 is 0 Å². The molecule has 0 fully saturated rings. The molecule has 2 aromatic rings. The van der Waals surface area contributed by atoms with Gasteiger partial charge < -0.3 is 14.2 Å². The number of ether oxygens (including phenoxy) is 3. The fourth-order valence-electron chi connectivity index (χ4n) is 2.19. The molecule has 106 valence electrons. The first-order valence-corrected chi connectivity index (χ1v) is 6.42. The molecule has 0 bridgehead atoms. The van der Waals surface area contributed by atoms with Gasteiger partial charge in [0, 0.05) is 12.1 Å². The van der Waals surface area contributed by atoms with Gasteiger partial charge in [0.15, 0.2) is 23.4 Å². The van der Waals surface area contributed by atoms with E-state index in [1.54, 1.807) is 21.3 Å². The van der Waals surface area contributed by atoms with E-state index in [0.717, 1.165) is 12.0 Å². The normalized spacial score (nSPS) is 10.2. The van der Waals surface area contributed by atoms with Crippen LogP contribution < -0.4 is 18.8 Å². The summed E-state index contributed by atoms with van der Waals surface area (Å²) < 4.78 is 18.2. The van der Waals surface area contributed by atoms with Crippen LogP contribution in [0.5, 0.6) is 17.2 Å². The fraction of sp³-hybridized carbons (Fsp3) is 0.312. The molecule has 2 rings (SSSR count). The number of pyridine rings is 1. The maximum absolute atomic E-state index is 5.38. The van der Waals surface area contributed by atoms with Crippen molar-refractivity contribution in [3.63, 3.8) is 0 Å². The van der Waals surface area contributed by atoms with Crippen LogP contribution in [-0.2, 0) is 13.5 Å². The van der Waals surface area contributed by atoms with Gasteiger partial charge in [0.1, 0.15) is 7.05 Å². The second kappa shape index (κ2) is 6.28. The van der Waals surface area contributed by atoms with Crippen LogP contribution in [0, 0.1) is 0 Å². The lowest BCUT2D eigenvalue weighted by molar-refractivity contribution is -0.678. The van der Waals surface area contributed by atoms with Gasteiger partial charge in [-0.1, -0.05) is 6.07 Å². The second-order valence-corrected chi connectivity index (χ2v) is 4.51. The van der Waals surface area contributed by atoms with Crippen LogP contribution in [0.15, 0.2) is 36.5 Å². The average molecular weight is 274 g/mol. The maximum Gasteiger partial charge on any atom is 0.203 e. The van der Waals surface area contributed by atoms with E-state index < -0.39 is 0 Å². The number of nitrogens with zero attached hydrogens (tertiary/aromatic N) is 1. The minimum Gasteiger partial charge on any atom is -0.493 e. The van der Waals surface area contributed by atoms with Gasteiger partial charge in [0.25, 0.3) is 0 Å². The van der Waals surface area contributed by atoms with Crippen LogP contribution in [0.25, 0.3) is 0 Å². The molecule has 1 aromatic carbocycles. The Hall–Kier alpha value is -2.23. The van der Waals surface area contributed by atoms with Gasteiger partial charge in [-0.05, 0) is 17.7 Å². The molecular formula is C16H20NO3+. The van der Waals surface area contributed by atoms with E-state index in [0.29, 0.717) is 17.2 Å². The Morgan fingerprint density at radius 2 is 1.60 bits per heavy atom. The zero-order valence-corrected chi connectivity index (χ0v) is 12.3. The molecule has 4 nitrogen and oxygen atoms in total. The third-order valence-corrected chi connectivity index (χ3v) is 3.27. The summed E-state index contributed by atoms with van der Waals surface area (Å²) in [5, 5.41) is 0. The first-order valence-electron chi connectivity index (χ1n) is 6.42. The Morgan fingerprint density at radius 1 is 0.950 bits per heavy atom. The predicted octanol–water partition coefficient (Wildman–Crippen LogP) is 2.13. The highest BCUT2D eigenvalue weighted by atomic mass is 16.5. The van der Waals surface area contributed by atoms with E-state index in [1.165, 1.54) is 5.69 Å². The molecule has 0 spiro atoms. The molecule has 20 heavy (non-hydrogen) atoms. The van der Waals surface area contributed by atoms with Gasteiger partial charge in [0.2, 0.25) is 5.75 Å². The van der Waals surface area contributed by atoms with Crippen LogP contribution in [-0.4, -0.2) is 21.3 Å². The third-order valence-electron chi connectivity index (χ3n) is 3.27. The molecule has 0 atom stereocenters. The Labute approximate surface area is 119 Å². The SMILES string of the molecule is COc1cc(Cc2cccc[n+]2C)cc(OC)c1OC. The van der Waals surface area contributed by atoms with E-state index in [9.17, 15) is 0 Å². The third kappa shape index (κ3) is 2.85. The van der Waals surface area contributed by atoms with Gasteiger partial charge in [-0.3, -0.25) is 0 Å². The summed E-state index contributed by atoms with van der Waals surface area (Å²) in [6.07, 6.45) is 2.83. The van der Waals surface area contributed by atoms with E-state index in [4.69, 9.17) is 14.2 Å². The summed E-state index contributed by atoms with van der Waals surface area (Å²) >= 11 is 0. The average Bonchev–Trinajstić information content (AvgIpc) is 2.48. The molecule has 0 saturated heterocycles. The summed E-state index contributed by atoms with van der Waals surface area (Å²) in [6, 6.07) is 10.1. The van der Waals surface area contributed by atoms with Crippen molar-refractivity contribution in [3.05, 3.63) is 47.8 Å². The van der Waals surface area contributed by atoms with Crippen molar-refractivity contribution in [1.29, 1.82) is 0 Å². The van der Waals surface area contributed by atoms with Crippen molar-refractivity contribution < 1.29 is 18.8 Å². The highest BCUT2D eigenvalue weighted by Gasteiger charge is 2.15. The van der Waals surface area contributed by atoms with Gasteiger partial charge in [-0.15, -0.1) is 0 Å². The molecular weight excluding hydrogens is 254 g/mol. The maximum atomic E-state index is 5.38. The minimum absolute atomic E-state index is 0.621. The largest absolute Gasteiger partial charge is 0.493 e. The monoisotopic (exact) mass is 274 g/mol. The summed E-state index contributed by atoms with van der Waals surface area (Å²) in [5.74, 6) is 1.98. The summed E-state index contributed by atoms with van der Waals surface area (Å²) in [6.45, 7) is 0. The summed E-state index contributed by atoms with van der Waals surface area (Å²) in [5.41, 5.74) is 2.32. The van der Waals surface area contributed by atoms with Crippen LogP contribution in [0.4, 0.5) is 0 Å². The van der Waals surface area contributed by atoms with Crippen molar-refractivity contribution in [1.82, 2.24) is 0 Å². The molecule has 0 N–H and O–H groups in total. The highest BCUT2D eigenvalue weighted by molar-refractivity contribution is 5.54. The Balaban J connectivity index is 2.40. The topological polar surface area (TPSA) is 31.6 Å². The summed E-state index contributed by atoms with van der Waals surface area (Å²) in [4.78, 5) is 0. The quantitative estimate of drug-likeness (QED) is 0.783. The Morgan fingerprint density at radius 3 is 2.10 bits per heavy atom. The molecule has 1 aromatic heterocycles. The van der Waals surface area contributed by atoms with Crippen molar-refractivity contribution in [3.8, 4) is 17.2 Å². The predicted molar refractivity (Wildman–Crippen MR) is 76.5 cm³/mol. The number of methoxy groups -OCH3 is 3. The van der Waals surface area contributed by atoms with Crippen LogP contribution in [0.1, 0.15) is 11.3 Å². The number of benzene rings is 1. The Kier molecular flexibility index (Phi) is 4.45. The van der Waals surface area contributed by atoms with E-state index in [1.807, 2.05) is 37.5 Å².